The second kappa shape index (κ2) is 4.41. The minimum absolute atomic E-state index is 0.215. The van der Waals surface area contributed by atoms with Crippen molar-refractivity contribution in [3.8, 4) is 5.75 Å². The molecule has 0 aliphatic carbocycles. The Morgan fingerprint density at radius 3 is 2.60 bits per heavy atom. The van der Waals surface area contributed by atoms with Crippen molar-refractivity contribution >= 4 is 16.4 Å². The SMILES string of the molecule is COc1ccc(C=O)c(CS(=O)(=O)O)c1. The molecule has 0 heterocycles. The van der Waals surface area contributed by atoms with Crippen LogP contribution in [0.25, 0.3) is 0 Å². The lowest BCUT2D eigenvalue weighted by Crippen LogP contribution is -2.04. The molecule has 0 bridgehead atoms. The molecule has 0 atom stereocenters. The van der Waals surface area contributed by atoms with E-state index in [4.69, 9.17) is 9.29 Å². The summed E-state index contributed by atoms with van der Waals surface area (Å²) in [5.41, 5.74) is 0.431. The Balaban J connectivity index is 3.18. The summed E-state index contributed by atoms with van der Waals surface area (Å²) in [7, 11) is -2.73. The van der Waals surface area contributed by atoms with Crippen LogP contribution in [0.5, 0.6) is 5.75 Å². The summed E-state index contributed by atoms with van der Waals surface area (Å²) in [5, 5.41) is 0. The molecule has 0 saturated heterocycles. The van der Waals surface area contributed by atoms with Gasteiger partial charge >= 0.3 is 0 Å². The molecule has 82 valence electrons. The average molecular weight is 230 g/mol. The van der Waals surface area contributed by atoms with E-state index in [-0.39, 0.29) is 11.1 Å². The predicted molar refractivity (Wildman–Crippen MR) is 53.6 cm³/mol. The number of aldehydes is 1. The predicted octanol–water partition coefficient (Wildman–Crippen LogP) is 0.895. The van der Waals surface area contributed by atoms with Gasteiger partial charge in [-0.3, -0.25) is 9.35 Å². The lowest BCUT2D eigenvalue weighted by molar-refractivity contribution is 0.112. The highest BCUT2D eigenvalue weighted by Gasteiger charge is 2.11. The van der Waals surface area contributed by atoms with Gasteiger partial charge in [0, 0.05) is 5.56 Å². The molecule has 0 spiro atoms. The Kier molecular flexibility index (Phi) is 3.43. The fraction of sp³-hybridized carbons (Fsp3) is 0.222. The average Bonchev–Trinajstić information content (AvgIpc) is 2.15. The van der Waals surface area contributed by atoms with E-state index in [2.05, 4.69) is 0 Å². The molecule has 0 amide bonds. The Morgan fingerprint density at radius 1 is 1.47 bits per heavy atom. The van der Waals surface area contributed by atoms with Crippen molar-refractivity contribution in [3.63, 3.8) is 0 Å². The molecule has 15 heavy (non-hydrogen) atoms. The molecule has 1 rings (SSSR count). The van der Waals surface area contributed by atoms with Crippen molar-refractivity contribution < 1.29 is 22.5 Å². The zero-order valence-corrected chi connectivity index (χ0v) is 8.82. The lowest BCUT2D eigenvalue weighted by Gasteiger charge is -2.05. The van der Waals surface area contributed by atoms with E-state index in [1.165, 1.54) is 25.3 Å². The van der Waals surface area contributed by atoms with Crippen molar-refractivity contribution in [1.82, 2.24) is 0 Å². The maximum atomic E-state index is 10.7. The summed E-state index contributed by atoms with van der Waals surface area (Å²) in [6, 6.07) is 4.38. The highest BCUT2D eigenvalue weighted by Crippen LogP contribution is 2.18. The second-order valence-corrected chi connectivity index (χ2v) is 4.36. The Hall–Kier alpha value is -1.40. The number of methoxy groups -OCH3 is 1. The van der Waals surface area contributed by atoms with Crippen molar-refractivity contribution in [3.05, 3.63) is 29.3 Å². The van der Waals surface area contributed by atoms with Crippen LogP contribution in [-0.2, 0) is 15.9 Å². The fourth-order valence-electron chi connectivity index (χ4n) is 1.15. The van der Waals surface area contributed by atoms with Crippen LogP contribution in [0.2, 0.25) is 0 Å². The molecule has 0 aliphatic heterocycles. The number of rotatable bonds is 4. The summed E-state index contributed by atoms with van der Waals surface area (Å²) in [6.07, 6.45) is 0.528. The number of carbonyl (C=O) groups is 1. The van der Waals surface area contributed by atoms with Crippen LogP contribution in [0.1, 0.15) is 15.9 Å². The van der Waals surface area contributed by atoms with Gasteiger partial charge in [-0.2, -0.15) is 8.42 Å². The molecule has 0 fully saturated rings. The number of carbonyl (C=O) groups excluding carboxylic acids is 1. The second-order valence-electron chi connectivity index (χ2n) is 2.91. The van der Waals surface area contributed by atoms with Gasteiger partial charge in [0.2, 0.25) is 0 Å². The Bertz CT molecular complexity index is 463. The maximum Gasteiger partial charge on any atom is 0.269 e. The van der Waals surface area contributed by atoms with E-state index >= 15 is 0 Å². The van der Waals surface area contributed by atoms with Gasteiger partial charge in [-0.15, -0.1) is 0 Å². The van der Waals surface area contributed by atoms with Crippen LogP contribution in [-0.4, -0.2) is 26.4 Å². The molecule has 0 aliphatic rings. The van der Waals surface area contributed by atoms with E-state index in [1.807, 2.05) is 0 Å². The third kappa shape index (κ3) is 3.34. The normalized spacial score (nSPS) is 11.1. The summed E-state index contributed by atoms with van der Waals surface area (Å²) in [4.78, 5) is 10.6. The molecule has 6 heteroatoms. The molecule has 1 aromatic carbocycles. The van der Waals surface area contributed by atoms with Crippen LogP contribution in [0.15, 0.2) is 18.2 Å². The molecule has 1 N–H and O–H groups in total. The van der Waals surface area contributed by atoms with Crippen LogP contribution < -0.4 is 4.74 Å². The van der Waals surface area contributed by atoms with Gasteiger partial charge in [0.25, 0.3) is 10.1 Å². The molecular formula is C9H10O5S. The first-order valence-corrected chi connectivity index (χ1v) is 5.64. The first kappa shape index (κ1) is 11.7. The van der Waals surface area contributed by atoms with Gasteiger partial charge in [0.1, 0.15) is 17.8 Å². The Morgan fingerprint density at radius 2 is 2.13 bits per heavy atom. The van der Waals surface area contributed by atoms with E-state index in [0.717, 1.165) is 0 Å². The highest BCUT2D eigenvalue weighted by molar-refractivity contribution is 7.85. The van der Waals surface area contributed by atoms with E-state index < -0.39 is 15.9 Å². The lowest BCUT2D eigenvalue weighted by atomic mass is 10.1. The minimum atomic E-state index is -4.15. The maximum absolute atomic E-state index is 10.7. The molecule has 0 unspecified atom stereocenters. The van der Waals surface area contributed by atoms with Crippen LogP contribution in [0.4, 0.5) is 0 Å². The molecular weight excluding hydrogens is 220 g/mol. The summed E-state index contributed by atoms with van der Waals surface area (Å²) >= 11 is 0. The molecule has 5 nitrogen and oxygen atoms in total. The number of benzene rings is 1. The van der Waals surface area contributed by atoms with Crippen LogP contribution >= 0.6 is 0 Å². The quantitative estimate of drug-likeness (QED) is 0.613. The fourth-order valence-corrected chi connectivity index (χ4v) is 1.79. The van der Waals surface area contributed by atoms with Crippen molar-refractivity contribution in [2.75, 3.05) is 7.11 Å². The van der Waals surface area contributed by atoms with Gasteiger partial charge in [-0.25, -0.2) is 0 Å². The van der Waals surface area contributed by atoms with Gasteiger partial charge < -0.3 is 4.74 Å². The zero-order valence-electron chi connectivity index (χ0n) is 8.00. The standard InChI is InChI=1S/C9H10O5S/c1-14-9-3-2-7(5-10)8(4-9)6-15(11,12)13/h2-5H,6H2,1H3,(H,11,12,13). The van der Waals surface area contributed by atoms with E-state index in [9.17, 15) is 13.2 Å². The first-order chi connectivity index (χ1) is 6.96. The van der Waals surface area contributed by atoms with Gasteiger partial charge in [0.15, 0.2) is 0 Å². The number of hydrogen-bond donors (Lipinski definition) is 1. The third-order valence-electron chi connectivity index (χ3n) is 1.82. The Labute approximate surface area is 87.4 Å². The summed E-state index contributed by atoms with van der Waals surface area (Å²) in [6.45, 7) is 0. The summed E-state index contributed by atoms with van der Waals surface area (Å²) in [5.74, 6) is -0.169. The van der Waals surface area contributed by atoms with E-state index in [0.29, 0.717) is 12.0 Å². The van der Waals surface area contributed by atoms with Crippen LogP contribution in [0.3, 0.4) is 0 Å². The van der Waals surface area contributed by atoms with Crippen molar-refractivity contribution in [1.29, 1.82) is 0 Å². The van der Waals surface area contributed by atoms with Crippen molar-refractivity contribution in [2.24, 2.45) is 0 Å². The smallest absolute Gasteiger partial charge is 0.269 e. The molecule has 0 saturated carbocycles. The number of hydrogen-bond acceptors (Lipinski definition) is 4. The first-order valence-electron chi connectivity index (χ1n) is 4.03. The molecule has 1 aromatic rings. The van der Waals surface area contributed by atoms with Crippen LogP contribution in [0, 0.1) is 0 Å². The largest absolute Gasteiger partial charge is 0.497 e. The van der Waals surface area contributed by atoms with Gasteiger partial charge in [-0.1, -0.05) is 0 Å². The minimum Gasteiger partial charge on any atom is -0.497 e. The molecule has 0 aromatic heterocycles. The highest BCUT2D eigenvalue weighted by atomic mass is 32.2. The van der Waals surface area contributed by atoms with Crippen molar-refractivity contribution in [2.45, 2.75) is 5.75 Å². The third-order valence-corrected chi connectivity index (χ3v) is 2.49. The zero-order chi connectivity index (χ0) is 11.5. The number of ether oxygens (including phenoxy) is 1. The monoisotopic (exact) mass is 230 g/mol. The topological polar surface area (TPSA) is 80.7 Å². The summed E-state index contributed by atoms with van der Waals surface area (Å²) < 4.78 is 34.9. The molecule has 0 radical (unpaired) electrons. The van der Waals surface area contributed by atoms with Gasteiger partial charge in [0.05, 0.1) is 7.11 Å². The van der Waals surface area contributed by atoms with E-state index in [1.54, 1.807) is 0 Å². The van der Waals surface area contributed by atoms with Gasteiger partial charge in [-0.05, 0) is 23.8 Å².